The molecule has 0 aliphatic rings. The van der Waals surface area contributed by atoms with Crippen LogP contribution in [0.15, 0.2) is 89.5 Å². The van der Waals surface area contributed by atoms with Gasteiger partial charge in [-0.25, -0.2) is 4.98 Å². The first-order valence-corrected chi connectivity index (χ1v) is 12.8. The summed E-state index contributed by atoms with van der Waals surface area (Å²) in [6, 6.07) is 29.8. The maximum absolute atomic E-state index is 5.34. The minimum Gasteiger partial charge on any atom is -0.361 e. The van der Waals surface area contributed by atoms with E-state index in [9.17, 15) is 0 Å². The molecule has 0 fully saturated rings. The number of thiophene rings is 1. The van der Waals surface area contributed by atoms with Gasteiger partial charge in [0.25, 0.3) is 0 Å². The Balaban J connectivity index is 1.10. The van der Waals surface area contributed by atoms with Gasteiger partial charge in [-0.05, 0) is 66.4 Å². The molecule has 0 atom stereocenters. The molecule has 6 aromatic rings. The van der Waals surface area contributed by atoms with E-state index >= 15 is 0 Å². The van der Waals surface area contributed by atoms with Crippen molar-refractivity contribution in [2.24, 2.45) is 0 Å². The highest BCUT2D eigenvalue weighted by Crippen LogP contribution is 2.34. The van der Waals surface area contributed by atoms with Crippen molar-refractivity contribution in [3.63, 3.8) is 0 Å². The Morgan fingerprint density at radius 1 is 0.806 bits per heavy atom. The summed E-state index contributed by atoms with van der Waals surface area (Å²) in [6.45, 7) is 5.55. The molecule has 36 heavy (non-hydrogen) atoms. The number of imidazole rings is 1. The van der Waals surface area contributed by atoms with Gasteiger partial charge in [0.15, 0.2) is 0 Å². The van der Waals surface area contributed by atoms with Crippen molar-refractivity contribution in [3.8, 4) is 32.3 Å². The molecular weight excluding hydrogens is 464 g/mol. The molecule has 5 nitrogen and oxygen atoms in total. The zero-order chi connectivity index (χ0) is 24.5. The van der Waals surface area contributed by atoms with Crippen LogP contribution < -0.4 is 5.32 Å². The van der Waals surface area contributed by atoms with E-state index in [0.29, 0.717) is 0 Å². The Morgan fingerprint density at radius 3 is 2.42 bits per heavy atom. The summed E-state index contributed by atoms with van der Waals surface area (Å²) in [5.41, 5.74) is 8.93. The van der Waals surface area contributed by atoms with Crippen LogP contribution in [-0.2, 0) is 13.1 Å². The van der Waals surface area contributed by atoms with Gasteiger partial charge < -0.3 is 14.8 Å². The average molecular weight is 491 g/mol. The monoisotopic (exact) mass is 490 g/mol. The van der Waals surface area contributed by atoms with E-state index in [1.807, 2.05) is 32.0 Å². The largest absolute Gasteiger partial charge is 0.361 e. The van der Waals surface area contributed by atoms with E-state index in [1.54, 1.807) is 11.3 Å². The maximum Gasteiger partial charge on any atom is 0.148 e. The Labute approximate surface area is 213 Å². The number of aromatic nitrogens is 3. The van der Waals surface area contributed by atoms with Gasteiger partial charge in [-0.2, -0.15) is 0 Å². The summed E-state index contributed by atoms with van der Waals surface area (Å²) in [4.78, 5) is 10.5. The van der Waals surface area contributed by atoms with E-state index in [2.05, 4.69) is 82.2 Å². The fourth-order valence-electron chi connectivity index (χ4n) is 4.56. The highest BCUT2D eigenvalue weighted by atomic mass is 32.1. The number of aromatic amines is 1. The average Bonchev–Trinajstić information content (AvgIpc) is 3.63. The van der Waals surface area contributed by atoms with Crippen LogP contribution in [0.3, 0.4) is 0 Å². The number of rotatable bonds is 7. The van der Waals surface area contributed by atoms with Gasteiger partial charge in [-0.15, -0.1) is 11.3 Å². The zero-order valence-corrected chi connectivity index (χ0v) is 21.0. The van der Waals surface area contributed by atoms with Gasteiger partial charge in [0.1, 0.15) is 11.6 Å². The van der Waals surface area contributed by atoms with Crippen molar-refractivity contribution < 1.29 is 4.52 Å². The first kappa shape index (κ1) is 22.5. The molecular formula is C30H26N4OS. The minimum atomic E-state index is 0.796. The molecule has 3 aromatic heterocycles. The van der Waals surface area contributed by atoms with E-state index in [0.717, 1.165) is 57.4 Å². The van der Waals surface area contributed by atoms with Crippen molar-refractivity contribution in [2.45, 2.75) is 26.9 Å². The van der Waals surface area contributed by atoms with Crippen molar-refractivity contribution in [2.75, 3.05) is 0 Å². The zero-order valence-electron chi connectivity index (χ0n) is 20.2. The van der Waals surface area contributed by atoms with Gasteiger partial charge in [0, 0.05) is 23.5 Å². The number of hydrogen-bond acceptors (Lipinski definition) is 5. The van der Waals surface area contributed by atoms with Crippen molar-refractivity contribution in [1.29, 1.82) is 0 Å². The predicted molar refractivity (Wildman–Crippen MR) is 147 cm³/mol. The second-order valence-corrected chi connectivity index (χ2v) is 10.1. The molecule has 0 radical (unpaired) electrons. The number of benzene rings is 3. The number of aryl methyl sites for hydroxylation is 2. The normalized spacial score (nSPS) is 11.4. The highest BCUT2D eigenvalue weighted by Gasteiger charge is 2.12. The van der Waals surface area contributed by atoms with Crippen LogP contribution in [0.2, 0.25) is 0 Å². The molecule has 6 rings (SSSR count). The summed E-state index contributed by atoms with van der Waals surface area (Å²) in [7, 11) is 0. The maximum atomic E-state index is 5.34. The molecule has 0 saturated heterocycles. The van der Waals surface area contributed by atoms with E-state index in [4.69, 9.17) is 9.51 Å². The van der Waals surface area contributed by atoms with Crippen molar-refractivity contribution >= 4 is 22.4 Å². The predicted octanol–water partition coefficient (Wildman–Crippen LogP) is 7.52. The Hall–Kier alpha value is -4.00. The molecule has 0 aliphatic heterocycles. The lowest BCUT2D eigenvalue weighted by Gasteiger charge is -2.08. The van der Waals surface area contributed by atoms with Crippen molar-refractivity contribution in [1.82, 2.24) is 20.4 Å². The second kappa shape index (κ2) is 9.57. The van der Waals surface area contributed by atoms with Crippen LogP contribution in [0.1, 0.15) is 22.6 Å². The lowest BCUT2D eigenvalue weighted by atomic mass is 10.0. The molecule has 2 N–H and O–H groups in total. The van der Waals surface area contributed by atoms with Crippen LogP contribution >= 0.6 is 11.3 Å². The van der Waals surface area contributed by atoms with Gasteiger partial charge in [0.05, 0.1) is 21.6 Å². The van der Waals surface area contributed by atoms with Crippen molar-refractivity contribution in [3.05, 3.63) is 108 Å². The number of hydrogen-bond donors (Lipinski definition) is 2. The van der Waals surface area contributed by atoms with E-state index in [-0.39, 0.29) is 0 Å². The number of para-hydroxylation sites is 2. The van der Waals surface area contributed by atoms with Crippen LogP contribution in [-0.4, -0.2) is 15.1 Å². The molecule has 3 aromatic carbocycles. The lowest BCUT2D eigenvalue weighted by molar-refractivity contribution is 0.393. The third-order valence-corrected chi connectivity index (χ3v) is 7.52. The summed E-state index contributed by atoms with van der Waals surface area (Å²) < 4.78 is 5.34. The van der Waals surface area contributed by atoms with Gasteiger partial charge in [-0.3, -0.25) is 0 Å². The standard InChI is InChI=1S/C30H26N4OS/c1-19-29(20(2)35-34-19)24-7-5-6-22(16-24)18-31-17-21-10-12-23(13-11-21)27-14-15-28(36-27)30-32-25-8-3-4-9-26(25)33-30/h3-16,31H,17-18H2,1-2H3,(H,32,33). The SMILES string of the molecule is Cc1noc(C)c1-c1cccc(CNCc2ccc(-c3ccc(-c4nc5ccccc5[nH]4)s3)cc2)c1. The number of nitrogens with one attached hydrogen (secondary N) is 2. The molecule has 0 spiro atoms. The fourth-order valence-corrected chi connectivity index (χ4v) is 5.52. The molecule has 3 heterocycles. The first-order valence-electron chi connectivity index (χ1n) is 12.0. The van der Waals surface area contributed by atoms with Crippen LogP contribution in [0.4, 0.5) is 0 Å². The van der Waals surface area contributed by atoms with Gasteiger partial charge in [0.2, 0.25) is 0 Å². The third kappa shape index (κ3) is 4.49. The number of fused-ring (bicyclic) bond motifs is 1. The molecule has 6 heteroatoms. The number of nitrogens with zero attached hydrogens (tertiary/aromatic N) is 2. The molecule has 0 unspecified atom stereocenters. The molecule has 178 valence electrons. The van der Waals surface area contributed by atoms with Crippen LogP contribution in [0, 0.1) is 13.8 Å². The molecule has 0 amide bonds. The Bertz CT molecular complexity index is 1590. The quantitative estimate of drug-likeness (QED) is 0.243. The highest BCUT2D eigenvalue weighted by molar-refractivity contribution is 7.18. The third-order valence-electron chi connectivity index (χ3n) is 6.37. The van der Waals surface area contributed by atoms with E-state index < -0.39 is 0 Å². The Kier molecular flexibility index (Phi) is 5.97. The first-order chi connectivity index (χ1) is 17.6. The molecule has 0 aliphatic carbocycles. The summed E-state index contributed by atoms with van der Waals surface area (Å²) in [5.74, 6) is 1.78. The minimum absolute atomic E-state index is 0.796. The molecule has 0 bridgehead atoms. The van der Waals surface area contributed by atoms with Crippen LogP contribution in [0.5, 0.6) is 0 Å². The Morgan fingerprint density at radius 2 is 1.61 bits per heavy atom. The summed E-state index contributed by atoms with van der Waals surface area (Å²) in [6.07, 6.45) is 0. The van der Waals surface area contributed by atoms with Crippen LogP contribution in [0.25, 0.3) is 43.3 Å². The van der Waals surface area contributed by atoms with Gasteiger partial charge >= 0.3 is 0 Å². The second-order valence-electron chi connectivity index (χ2n) is 8.97. The smallest absolute Gasteiger partial charge is 0.148 e. The molecule has 0 saturated carbocycles. The number of H-pyrrole nitrogens is 1. The summed E-state index contributed by atoms with van der Waals surface area (Å²) >= 11 is 1.76. The topological polar surface area (TPSA) is 66.7 Å². The fraction of sp³-hybridized carbons (Fsp3) is 0.133. The van der Waals surface area contributed by atoms with E-state index in [1.165, 1.54) is 21.6 Å². The lowest BCUT2D eigenvalue weighted by Crippen LogP contribution is -2.12. The van der Waals surface area contributed by atoms with Gasteiger partial charge in [-0.1, -0.05) is 59.8 Å². The summed E-state index contributed by atoms with van der Waals surface area (Å²) in [5, 5.41) is 7.65.